The Morgan fingerprint density at radius 2 is 1.59 bits per heavy atom. The van der Waals surface area contributed by atoms with E-state index in [1.54, 1.807) is 34.8 Å². The summed E-state index contributed by atoms with van der Waals surface area (Å²) in [6, 6.07) is 11.5. The number of nitrogens with zero attached hydrogens (tertiary/aromatic N) is 1. The number of fused-ring (bicyclic) bond motifs is 1. The smallest absolute Gasteiger partial charge is 0.256 e. The summed E-state index contributed by atoms with van der Waals surface area (Å²) in [5.74, 6) is 1.25. The predicted molar refractivity (Wildman–Crippen MR) is 140 cm³/mol. The van der Waals surface area contributed by atoms with Crippen LogP contribution >= 0.6 is 22.7 Å². The largest absolute Gasteiger partial charge is 0.490 e. The van der Waals surface area contributed by atoms with Gasteiger partial charge in [0, 0.05) is 16.0 Å². The van der Waals surface area contributed by atoms with Crippen LogP contribution in [0.4, 0.5) is 5.00 Å². The average molecular weight is 497 g/mol. The molecule has 4 aromatic rings. The van der Waals surface area contributed by atoms with Crippen LogP contribution in [-0.4, -0.2) is 30.7 Å². The molecule has 1 N–H and O–H groups in total. The zero-order valence-electron chi connectivity index (χ0n) is 20.0. The lowest BCUT2D eigenvalue weighted by Crippen LogP contribution is -2.13. The Kier molecular flexibility index (Phi) is 7.38. The van der Waals surface area contributed by atoms with Gasteiger partial charge < -0.3 is 19.5 Å². The molecule has 0 fully saturated rings. The van der Waals surface area contributed by atoms with Gasteiger partial charge in [-0.15, -0.1) is 22.7 Å². The Labute approximate surface area is 207 Å². The summed E-state index contributed by atoms with van der Waals surface area (Å²) in [5.41, 5.74) is 3.49. The van der Waals surface area contributed by atoms with Crippen molar-refractivity contribution in [3.8, 4) is 27.8 Å². The molecule has 0 spiro atoms. The number of para-hydroxylation sites is 1. The summed E-state index contributed by atoms with van der Waals surface area (Å²) in [7, 11) is 0. The maximum absolute atomic E-state index is 13.4. The maximum atomic E-state index is 13.4. The van der Waals surface area contributed by atoms with E-state index in [0.29, 0.717) is 42.6 Å². The van der Waals surface area contributed by atoms with Gasteiger partial charge in [-0.05, 0) is 64.4 Å². The number of aryl methyl sites for hydroxylation is 1. The number of carbonyl (C=O) groups is 1. The number of anilines is 1. The van der Waals surface area contributed by atoms with Crippen molar-refractivity contribution >= 4 is 43.8 Å². The molecule has 8 heteroatoms. The maximum Gasteiger partial charge on any atom is 0.256 e. The van der Waals surface area contributed by atoms with Gasteiger partial charge in [0.15, 0.2) is 11.5 Å². The first kappa shape index (κ1) is 24.0. The topological polar surface area (TPSA) is 69.7 Å². The van der Waals surface area contributed by atoms with E-state index in [4.69, 9.17) is 19.2 Å². The molecular weight excluding hydrogens is 468 g/mol. The van der Waals surface area contributed by atoms with Crippen LogP contribution in [0.5, 0.6) is 17.2 Å². The molecule has 2 heterocycles. The summed E-state index contributed by atoms with van der Waals surface area (Å²) in [6.07, 6.45) is 0. The standard InChI is InChI=1S/C26H28N2O4S2/c1-6-30-19-13-17(14-20(31-7-2)23(19)32-8-3)24(29)28-26-22(15(4)16(5)33-26)25-27-18-11-9-10-12-21(18)34-25/h9-14H,6-8H2,1-5H3,(H,28,29). The number of carbonyl (C=O) groups excluding carboxylic acids is 1. The molecule has 0 aliphatic heterocycles. The lowest BCUT2D eigenvalue weighted by molar-refractivity contribution is 0.102. The van der Waals surface area contributed by atoms with Gasteiger partial charge in [0.05, 0.1) is 30.0 Å². The zero-order chi connectivity index (χ0) is 24.2. The third-order valence-electron chi connectivity index (χ3n) is 5.29. The highest BCUT2D eigenvalue weighted by molar-refractivity contribution is 7.22. The molecule has 0 radical (unpaired) electrons. The number of amides is 1. The van der Waals surface area contributed by atoms with Gasteiger partial charge in [-0.3, -0.25) is 4.79 Å². The first-order valence-electron chi connectivity index (χ1n) is 11.3. The van der Waals surface area contributed by atoms with Crippen molar-refractivity contribution in [3.63, 3.8) is 0 Å². The fraction of sp³-hybridized carbons (Fsp3) is 0.308. The highest BCUT2D eigenvalue weighted by atomic mass is 32.1. The van der Waals surface area contributed by atoms with Crippen molar-refractivity contribution in [2.24, 2.45) is 0 Å². The Bertz CT molecular complexity index is 1270. The number of ether oxygens (including phenoxy) is 3. The van der Waals surface area contributed by atoms with E-state index < -0.39 is 0 Å². The minimum atomic E-state index is -0.242. The summed E-state index contributed by atoms with van der Waals surface area (Å²) in [5, 5.41) is 4.80. The number of hydrogen-bond donors (Lipinski definition) is 1. The van der Waals surface area contributed by atoms with Gasteiger partial charge >= 0.3 is 0 Å². The summed E-state index contributed by atoms with van der Waals surface area (Å²) in [6.45, 7) is 11.2. The minimum Gasteiger partial charge on any atom is -0.490 e. The summed E-state index contributed by atoms with van der Waals surface area (Å²) in [4.78, 5) is 19.4. The SMILES string of the molecule is CCOc1cc(C(=O)Nc2sc(C)c(C)c2-c2nc3ccccc3s2)cc(OCC)c1OCC. The van der Waals surface area contributed by atoms with Crippen LogP contribution in [0.2, 0.25) is 0 Å². The Balaban J connectivity index is 1.72. The Hall–Kier alpha value is -3.10. The van der Waals surface area contributed by atoms with Crippen LogP contribution < -0.4 is 19.5 Å². The number of rotatable bonds is 9. The van der Waals surface area contributed by atoms with Crippen molar-refractivity contribution in [2.75, 3.05) is 25.1 Å². The fourth-order valence-electron chi connectivity index (χ4n) is 3.65. The van der Waals surface area contributed by atoms with E-state index >= 15 is 0 Å². The molecule has 34 heavy (non-hydrogen) atoms. The van der Waals surface area contributed by atoms with E-state index in [9.17, 15) is 4.79 Å². The third kappa shape index (κ3) is 4.74. The molecule has 2 aromatic heterocycles. The van der Waals surface area contributed by atoms with Gasteiger partial charge in [-0.1, -0.05) is 12.1 Å². The molecular formula is C26H28N2O4S2. The van der Waals surface area contributed by atoms with Crippen LogP contribution in [-0.2, 0) is 0 Å². The van der Waals surface area contributed by atoms with Crippen LogP contribution in [0, 0.1) is 13.8 Å². The lowest BCUT2D eigenvalue weighted by atomic mass is 10.1. The van der Waals surface area contributed by atoms with Crippen molar-refractivity contribution in [3.05, 3.63) is 52.4 Å². The third-order valence-corrected chi connectivity index (χ3v) is 7.47. The number of aromatic nitrogens is 1. The fourth-order valence-corrected chi connectivity index (χ4v) is 5.84. The van der Waals surface area contributed by atoms with Crippen LogP contribution in [0.3, 0.4) is 0 Å². The summed E-state index contributed by atoms with van der Waals surface area (Å²) >= 11 is 3.18. The second kappa shape index (κ2) is 10.4. The molecule has 0 bridgehead atoms. The van der Waals surface area contributed by atoms with Crippen molar-refractivity contribution in [2.45, 2.75) is 34.6 Å². The van der Waals surface area contributed by atoms with Crippen molar-refractivity contribution < 1.29 is 19.0 Å². The molecule has 1 amide bonds. The molecule has 2 aromatic carbocycles. The Morgan fingerprint density at radius 3 is 2.21 bits per heavy atom. The number of hydrogen-bond acceptors (Lipinski definition) is 7. The van der Waals surface area contributed by atoms with Gasteiger partial charge in [-0.25, -0.2) is 4.98 Å². The van der Waals surface area contributed by atoms with E-state index in [2.05, 4.69) is 25.2 Å². The number of thiophene rings is 1. The van der Waals surface area contributed by atoms with Gasteiger partial charge in [0.2, 0.25) is 5.75 Å². The lowest BCUT2D eigenvalue weighted by Gasteiger charge is -2.17. The van der Waals surface area contributed by atoms with E-state index in [1.165, 1.54) is 0 Å². The number of thiazole rings is 1. The van der Waals surface area contributed by atoms with Crippen molar-refractivity contribution in [1.29, 1.82) is 0 Å². The molecule has 0 aliphatic rings. The van der Waals surface area contributed by atoms with E-state index in [-0.39, 0.29) is 5.91 Å². The second-order valence-electron chi connectivity index (χ2n) is 7.53. The Morgan fingerprint density at radius 1 is 0.941 bits per heavy atom. The molecule has 6 nitrogen and oxygen atoms in total. The zero-order valence-corrected chi connectivity index (χ0v) is 21.6. The second-order valence-corrected chi connectivity index (χ2v) is 9.78. The van der Waals surface area contributed by atoms with E-state index in [1.807, 2.05) is 39.0 Å². The number of nitrogens with one attached hydrogen (secondary N) is 1. The monoisotopic (exact) mass is 496 g/mol. The van der Waals surface area contributed by atoms with Gasteiger partial charge in [0.1, 0.15) is 10.0 Å². The van der Waals surface area contributed by atoms with Gasteiger partial charge in [-0.2, -0.15) is 0 Å². The molecule has 0 saturated carbocycles. The molecule has 0 aliphatic carbocycles. The van der Waals surface area contributed by atoms with Crippen LogP contribution in [0.1, 0.15) is 41.6 Å². The first-order valence-corrected chi connectivity index (χ1v) is 12.9. The highest BCUT2D eigenvalue weighted by Crippen LogP contribution is 2.44. The van der Waals surface area contributed by atoms with Crippen LogP contribution in [0.25, 0.3) is 20.8 Å². The highest BCUT2D eigenvalue weighted by Gasteiger charge is 2.22. The molecule has 0 saturated heterocycles. The number of benzene rings is 2. The molecule has 178 valence electrons. The quantitative estimate of drug-likeness (QED) is 0.268. The minimum absolute atomic E-state index is 0.242. The summed E-state index contributed by atoms with van der Waals surface area (Å²) < 4.78 is 18.4. The van der Waals surface area contributed by atoms with Gasteiger partial charge in [0.25, 0.3) is 5.91 Å². The van der Waals surface area contributed by atoms with Crippen molar-refractivity contribution in [1.82, 2.24) is 4.98 Å². The molecule has 4 rings (SSSR count). The molecule has 0 atom stereocenters. The average Bonchev–Trinajstić information content (AvgIpc) is 3.36. The first-order chi connectivity index (χ1) is 16.5. The van der Waals surface area contributed by atoms with Crippen LogP contribution in [0.15, 0.2) is 36.4 Å². The normalized spacial score (nSPS) is 11.0. The molecule has 0 unspecified atom stereocenters. The van der Waals surface area contributed by atoms with E-state index in [0.717, 1.165) is 36.2 Å². The predicted octanol–water partition coefficient (Wildman–Crippen LogP) is 7.09.